The molecule has 6 heteroatoms. The molecule has 0 unspecified atom stereocenters. The van der Waals surface area contributed by atoms with Crippen LogP contribution in [0.4, 0.5) is 0 Å². The van der Waals surface area contributed by atoms with Gasteiger partial charge in [0.05, 0.1) is 18.1 Å². The van der Waals surface area contributed by atoms with E-state index in [1.54, 1.807) is 12.1 Å². The second-order valence-electron chi connectivity index (χ2n) is 5.54. The van der Waals surface area contributed by atoms with E-state index < -0.39 is 5.91 Å². The third kappa shape index (κ3) is 5.99. The molecule has 112 valence electrons. The first kappa shape index (κ1) is 17.1. The smallest absolute Gasteiger partial charge is 0.220 e. The van der Waals surface area contributed by atoms with Crippen molar-refractivity contribution in [3.63, 3.8) is 0 Å². The average molecular weight is 319 g/mol. The Morgan fingerprint density at radius 1 is 1.35 bits per heavy atom. The van der Waals surface area contributed by atoms with Crippen LogP contribution in [0, 0.1) is 0 Å². The van der Waals surface area contributed by atoms with Crippen molar-refractivity contribution in [1.29, 1.82) is 0 Å². The summed E-state index contributed by atoms with van der Waals surface area (Å²) in [5, 5.41) is 4.31. The molecule has 0 spiro atoms. The molecule has 0 atom stereocenters. The molecule has 0 saturated carbocycles. The third-order valence-corrected chi connectivity index (χ3v) is 2.99. The van der Waals surface area contributed by atoms with Gasteiger partial charge in [0.1, 0.15) is 5.75 Å². The summed E-state index contributed by atoms with van der Waals surface area (Å²) in [6.45, 7) is 6.95. The normalized spacial score (nSPS) is 11.4. The summed E-state index contributed by atoms with van der Waals surface area (Å²) in [6.07, 6.45) is 0.144. The van der Waals surface area contributed by atoms with E-state index in [1.165, 1.54) is 0 Å². The predicted octanol–water partition coefficient (Wildman–Crippen LogP) is 3.14. The lowest BCUT2D eigenvalue weighted by molar-refractivity contribution is -0.118. The number of ether oxygens (including phenoxy) is 1. The number of amides is 1. The minimum atomic E-state index is -0.413. The molecule has 20 heavy (non-hydrogen) atoms. The van der Waals surface area contributed by atoms with Gasteiger partial charge < -0.3 is 15.8 Å². The van der Waals surface area contributed by atoms with Crippen molar-refractivity contribution in [2.24, 2.45) is 5.73 Å². The molecular formula is C14H20Cl2N2O2. The molecule has 0 heterocycles. The molecule has 0 aliphatic rings. The molecule has 1 rings (SSSR count). The van der Waals surface area contributed by atoms with Crippen molar-refractivity contribution in [3.05, 3.63) is 27.7 Å². The molecule has 0 saturated heterocycles. The number of nitrogens with one attached hydrogen (secondary N) is 1. The van der Waals surface area contributed by atoms with Gasteiger partial charge in [-0.3, -0.25) is 4.79 Å². The van der Waals surface area contributed by atoms with Crippen molar-refractivity contribution in [2.45, 2.75) is 39.3 Å². The number of primary amides is 1. The fraction of sp³-hybridized carbons (Fsp3) is 0.500. The summed E-state index contributed by atoms with van der Waals surface area (Å²) in [5.41, 5.74) is 5.89. The van der Waals surface area contributed by atoms with Crippen molar-refractivity contribution < 1.29 is 9.53 Å². The zero-order chi connectivity index (χ0) is 15.3. The molecule has 0 aliphatic carbocycles. The van der Waals surface area contributed by atoms with E-state index in [0.717, 1.165) is 5.56 Å². The number of benzene rings is 1. The first-order valence-corrected chi connectivity index (χ1v) is 7.08. The van der Waals surface area contributed by atoms with Gasteiger partial charge in [-0.05, 0) is 32.9 Å². The van der Waals surface area contributed by atoms with Crippen molar-refractivity contribution in [3.8, 4) is 5.75 Å². The Hall–Kier alpha value is -0.970. The number of hydrogen-bond donors (Lipinski definition) is 2. The van der Waals surface area contributed by atoms with Gasteiger partial charge in [0.15, 0.2) is 0 Å². The van der Waals surface area contributed by atoms with Gasteiger partial charge in [-0.15, -0.1) is 0 Å². The standard InChI is InChI=1S/C14H20Cl2N2O2/c1-14(2,3)18-8-9-6-10(15)7-11(16)13(9)20-5-4-12(17)19/h6-7,18H,4-5,8H2,1-3H3,(H2,17,19). The Labute approximate surface area is 129 Å². The van der Waals surface area contributed by atoms with E-state index >= 15 is 0 Å². The molecule has 0 aromatic heterocycles. The monoisotopic (exact) mass is 318 g/mol. The number of rotatable bonds is 6. The SMILES string of the molecule is CC(C)(C)NCc1cc(Cl)cc(Cl)c1OCCC(N)=O. The molecule has 3 N–H and O–H groups in total. The van der Waals surface area contributed by atoms with Gasteiger partial charge in [-0.2, -0.15) is 0 Å². The summed E-state index contributed by atoms with van der Waals surface area (Å²) in [5.74, 6) is 0.124. The maximum absolute atomic E-state index is 10.7. The highest BCUT2D eigenvalue weighted by Crippen LogP contribution is 2.32. The maximum atomic E-state index is 10.7. The van der Waals surface area contributed by atoms with Crippen LogP contribution >= 0.6 is 23.2 Å². The fourth-order valence-electron chi connectivity index (χ4n) is 1.52. The molecule has 0 fully saturated rings. The Morgan fingerprint density at radius 2 is 2.00 bits per heavy atom. The molecular weight excluding hydrogens is 299 g/mol. The first-order chi connectivity index (χ1) is 9.19. The van der Waals surface area contributed by atoms with Crippen LogP contribution in [0.15, 0.2) is 12.1 Å². The van der Waals surface area contributed by atoms with E-state index in [4.69, 9.17) is 33.7 Å². The van der Waals surface area contributed by atoms with Gasteiger partial charge in [-0.25, -0.2) is 0 Å². The van der Waals surface area contributed by atoms with Gasteiger partial charge in [0.2, 0.25) is 5.91 Å². The van der Waals surface area contributed by atoms with E-state index in [2.05, 4.69) is 26.1 Å². The molecule has 1 amide bonds. The van der Waals surface area contributed by atoms with Crippen LogP contribution in [0.2, 0.25) is 10.0 Å². The van der Waals surface area contributed by atoms with Gasteiger partial charge in [-0.1, -0.05) is 23.2 Å². The van der Waals surface area contributed by atoms with Crippen LogP contribution in [0.5, 0.6) is 5.75 Å². The summed E-state index contributed by atoms with van der Waals surface area (Å²) in [4.78, 5) is 10.7. The van der Waals surface area contributed by atoms with Crippen LogP contribution < -0.4 is 15.8 Å². The highest BCUT2D eigenvalue weighted by atomic mass is 35.5. The predicted molar refractivity (Wildman–Crippen MR) is 82.4 cm³/mol. The molecule has 1 aromatic carbocycles. The van der Waals surface area contributed by atoms with Crippen LogP contribution in [0.3, 0.4) is 0 Å². The average Bonchev–Trinajstić information content (AvgIpc) is 2.27. The summed E-state index contributed by atoms with van der Waals surface area (Å²) >= 11 is 12.2. The molecule has 0 radical (unpaired) electrons. The van der Waals surface area contributed by atoms with Crippen molar-refractivity contribution in [1.82, 2.24) is 5.32 Å². The number of halogens is 2. The minimum absolute atomic E-state index is 0.0424. The Kier molecular flexibility index (Phi) is 6.11. The minimum Gasteiger partial charge on any atom is -0.491 e. The number of carbonyl (C=O) groups excluding carboxylic acids is 1. The highest BCUT2D eigenvalue weighted by molar-refractivity contribution is 6.35. The van der Waals surface area contributed by atoms with E-state index in [1.807, 2.05) is 0 Å². The summed E-state index contributed by atoms with van der Waals surface area (Å²) in [6, 6.07) is 3.41. The van der Waals surface area contributed by atoms with E-state index in [-0.39, 0.29) is 18.6 Å². The lowest BCUT2D eigenvalue weighted by atomic mass is 10.1. The zero-order valence-corrected chi connectivity index (χ0v) is 13.4. The van der Waals surface area contributed by atoms with Crippen LogP contribution in [0.1, 0.15) is 32.8 Å². The Morgan fingerprint density at radius 3 is 2.55 bits per heavy atom. The van der Waals surface area contributed by atoms with Crippen molar-refractivity contribution in [2.75, 3.05) is 6.61 Å². The summed E-state index contributed by atoms with van der Waals surface area (Å²) < 4.78 is 5.57. The number of nitrogens with two attached hydrogens (primary N) is 1. The second kappa shape index (κ2) is 7.16. The largest absolute Gasteiger partial charge is 0.491 e. The van der Waals surface area contributed by atoms with Crippen molar-refractivity contribution >= 4 is 29.1 Å². The topological polar surface area (TPSA) is 64.3 Å². The number of hydrogen-bond acceptors (Lipinski definition) is 3. The third-order valence-electron chi connectivity index (χ3n) is 2.49. The zero-order valence-electron chi connectivity index (χ0n) is 11.9. The molecule has 0 bridgehead atoms. The summed E-state index contributed by atoms with van der Waals surface area (Å²) in [7, 11) is 0. The lowest BCUT2D eigenvalue weighted by Gasteiger charge is -2.22. The van der Waals surface area contributed by atoms with E-state index in [9.17, 15) is 4.79 Å². The van der Waals surface area contributed by atoms with Gasteiger partial charge in [0, 0.05) is 22.7 Å². The van der Waals surface area contributed by atoms with Gasteiger partial charge in [0.25, 0.3) is 0 Å². The molecule has 1 aromatic rings. The molecule has 4 nitrogen and oxygen atoms in total. The Bertz CT molecular complexity index is 485. The Balaban J connectivity index is 2.87. The second-order valence-corrected chi connectivity index (χ2v) is 6.39. The van der Waals surface area contributed by atoms with E-state index in [0.29, 0.717) is 22.3 Å². The molecule has 0 aliphatic heterocycles. The van der Waals surface area contributed by atoms with Gasteiger partial charge >= 0.3 is 0 Å². The quantitative estimate of drug-likeness (QED) is 0.846. The fourth-order valence-corrected chi connectivity index (χ4v) is 2.11. The highest BCUT2D eigenvalue weighted by Gasteiger charge is 2.14. The van der Waals surface area contributed by atoms with Crippen LogP contribution in [0.25, 0.3) is 0 Å². The maximum Gasteiger partial charge on any atom is 0.220 e. The first-order valence-electron chi connectivity index (χ1n) is 6.33. The number of carbonyl (C=O) groups is 1. The van der Waals surface area contributed by atoms with Crippen LogP contribution in [-0.2, 0) is 11.3 Å². The van der Waals surface area contributed by atoms with Crippen LogP contribution in [-0.4, -0.2) is 18.1 Å². The lowest BCUT2D eigenvalue weighted by Crippen LogP contribution is -2.35.